The maximum atomic E-state index is 12.3. The molecule has 1 aliphatic rings. The van der Waals surface area contributed by atoms with Crippen molar-refractivity contribution in [3.8, 4) is 0 Å². The maximum Gasteiger partial charge on any atom is 0.240 e. The van der Waals surface area contributed by atoms with E-state index < -0.39 is 5.54 Å². The van der Waals surface area contributed by atoms with Crippen LogP contribution in [0.5, 0.6) is 0 Å². The number of benzene rings is 1. The zero-order valence-corrected chi connectivity index (χ0v) is 12.3. The molecule has 0 bridgehead atoms. The molecule has 104 valence electrons. The quantitative estimate of drug-likeness (QED) is 0.874. The van der Waals surface area contributed by atoms with Crippen LogP contribution in [0.1, 0.15) is 49.4 Å². The second kappa shape index (κ2) is 4.97. The van der Waals surface area contributed by atoms with E-state index in [0.29, 0.717) is 5.92 Å². The van der Waals surface area contributed by atoms with Crippen LogP contribution in [-0.4, -0.2) is 11.4 Å². The molecule has 0 radical (unpaired) electrons. The Labute approximate surface area is 115 Å². The number of amides is 1. The molecule has 0 spiro atoms. The first-order valence-corrected chi connectivity index (χ1v) is 6.99. The molecule has 0 aromatic heterocycles. The third-order valence-electron chi connectivity index (χ3n) is 4.15. The molecule has 2 rings (SSSR count). The lowest BCUT2D eigenvalue weighted by atomic mass is 9.94. The SMILES string of the molecule is Cc1ccc(C(C)NC(=O)C(C)(N)C2CC2)c(C)c1. The molecule has 1 fully saturated rings. The van der Waals surface area contributed by atoms with E-state index in [1.54, 1.807) is 0 Å². The minimum Gasteiger partial charge on any atom is -0.348 e. The Bertz CT molecular complexity index is 490. The summed E-state index contributed by atoms with van der Waals surface area (Å²) >= 11 is 0. The van der Waals surface area contributed by atoms with E-state index in [9.17, 15) is 4.79 Å². The highest BCUT2D eigenvalue weighted by molar-refractivity contribution is 5.86. The third kappa shape index (κ3) is 2.98. The van der Waals surface area contributed by atoms with Crippen molar-refractivity contribution in [3.05, 3.63) is 34.9 Å². The fourth-order valence-electron chi connectivity index (χ4n) is 2.61. The van der Waals surface area contributed by atoms with Crippen LogP contribution in [0.4, 0.5) is 0 Å². The van der Waals surface area contributed by atoms with Gasteiger partial charge in [-0.05, 0) is 57.6 Å². The predicted octanol–water partition coefficient (Wildman–Crippen LogP) is 2.61. The molecule has 1 saturated carbocycles. The fourth-order valence-corrected chi connectivity index (χ4v) is 2.61. The number of carbonyl (C=O) groups is 1. The summed E-state index contributed by atoms with van der Waals surface area (Å²) in [5.41, 5.74) is 9.01. The molecule has 1 aromatic carbocycles. The Morgan fingerprint density at radius 1 is 1.42 bits per heavy atom. The second-order valence-corrected chi connectivity index (χ2v) is 6.11. The molecule has 19 heavy (non-hydrogen) atoms. The average Bonchev–Trinajstić information content (AvgIpc) is 3.12. The standard InChI is InChI=1S/C16H24N2O/c1-10-5-8-14(11(2)9-10)12(3)18-15(19)16(4,17)13-6-7-13/h5,8-9,12-13H,6-7,17H2,1-4H3,(H,18,19). The average molecular weight is 260 g/mol. The minimum atomic E-state index is -0.729. The van der Waals surface area contributed by atoms with Crippen molar-refractivity contribution in [1.29, 1.82) is 0 Å². The molecule has 2 unspecified atom stereocenters. The summed E-state index contributed by atoms with van der Waals surface area (Å²) in [6, 6.07) is 6.30. The van der Waals surface area contributed by atoms with Gasteiger partial charge in [0.15, 0.2) is 0 Å². The van der Waals surface area contributed by atoms with E-state index in [1.807, 2.05) is 13.8 Å². The molecule has 1 aromatic rings. The number of aryl methyl sites for hydroxylation is 2. The van der Waals surface area contributed by atoms with Crippen molar-refractivity contribution in [1.82, 2.24) is 5.32 Å². The molecule has 1 amide bonds. The van der Waals surface area contributed by atoms with Gasteiger partial charge < -0.3 is 11.1 Å². The summed E-state index contributed by atoms with van der Waals surface area (Å²) < 4.78 is 0. The first-order chi connectivity index (χ1) is 8.82. The minimum absolute atomic E-state index is 0.00488. The van der Waals surface area contributed by atoms with Crippen LogP contribution in [0.2, 0.25) is 0 Å². The lowest BCUT2D eigenvalue weighted by Crippen LogP contribution is -2.53. The van der Waals surface area contributed by atoms with Gasteiger partial charge in [-0.25, -0.2) is 0 Å². The van der Waals surface area contributed by atoms with Gasteiger partial charge in [0.1, 0.15) is 0 Å². The number of rotatable bonds is 4. The monoisotopic (exact) mass is 260 g/mol. The first kappa shape index (κ1) is 14.1. The zero-order chi connectivity index (χ0) is 14.2. The Kier molecular flexibility index (Phi) is 3.68. The van der Waals surface area contributed by atoms with Crippen LogP contribution in [0.3, 0.4) is 0 Å². The maximum absolute atomic E-state index is 12.3. The molecule has 0 saturated heterocycles. The normalized spacial score (nSPS) is 19.6. The number of hydrogen-bond donors (Lipinski definition) is 2. The van der Waals surface area contributed by atoms with Crippen LogP contribution >= 0.6 is 0 Å². The topological polar surface area (TPSA) is 55.1 Å². The Balaban J connectivity index is 2.08. The van der Waals surface area contributed by atoms with Crippen LogP contribution in [0.25, 0.3) is 0 Å². The van der Waals surface area contributed by atoms with Gasteiger partial charge in [-0.2, -0.15) is 0 Å². The van der Waals surface area contributed by atoms with Gasteiger partial charge in [0.25, 0.3) is 0 Å². The third-order valence-corrected chi connectivity index (χ3v) is 4.15. The molecule has 3 N–H and O–H groups in total. The highest BCUT2D eigenvalue weighted by atomic mass is 16.2. The molecular formula is C16H24N2O. The Morgan fingerprint density at radius 3 is 2.58 bits per heavy atom. The van der Waals surface area contributed by atoms with Crippen LogP contribution in [0, 0.1) is 19.8 Å². The van der Waals surface area contributed by atoms with Crippen molar-refractivity contribution in [2.24, 2.45) is 11.7 Å². The molecule has 0 heterocycles. The number of carbonyl (C=O) groups excluding carboxylic acids is 1. The van der Waals surface area contributed by atoms with E-state index in [0.717, 1.165) is 18.4 Å². The van der Waals surface area contributed by atoms with Gasteiger partial charge >= 0.3 is 0 Å². The second-order valence-electron chi connectivity index (χ2n) is 6.11. The highest BCUT2D eigenvalue weighted by Gasteiger charge is 2.44. The van der Waals surface area contributed by atoms with Crippen molar-refractivity contribution in [3.63, 3.8) is 0 Å². The highest BCUT2D eigenvalue weighted by Crippen LogP contribution is 2.38. The van der Waals surface area contributed by atoms with Crippen LogP contribution in [0.15, 0.2) is 18.2 Å². The largest absolute Gasteiger partial charge is 0.348 e. The van der Waals surface area contributed by atoms with E-state index in [4.69, 9.17) is 5.73 Å². The summed E-state index contributed by atoms with van der Waals surface area (Å²) in [6.07, 6.45) is 2.14. The smallest absolute Gasteiger partial charge is 0.240 e. The summed E-state index contributed by atoms with van der Waals surface area (Å²) in [4.78, 5) is 12.3. The van der Waals surface area contributed by atoms with Crippen molar-refractivity contribution in [2.45, 2.75) is 52.1 Å². The van der Waals surface area contributed by atoms with Crippen molar-refractivity contribution < 1.29 is 4.79 Å². The molecular weight excluding hydrogens is 236 g/mol. The van der Waals surface area contributed by atoms with Gasteiger partial charge in [0, 0.05) is 0 Å². The van der Waals surface area contributed by atoms with Crippen molar-refractivity contribution >= 4 is 5.91 Å². The zero-order valence-electron chi connectivity index (χ0n) is 12.3. The number of hydrogen-bond acceptors (Lipinski definition) is 2. The predicted molar refractivity (Wildman–Crippen MR) is 77.8 cm³/mol. The van der Waals surface area contributed by atoms with E-state index in [1.165, 1.54) is 11.1 Å². The summed E-state index contributed by atoms with van der Waals surface area (Å²) in [5.74, 6) is 0.307. The van der Waals surface area contributed by atoms with E-state index in [2.05, 4.69) is 37.4 Å². The molecule has 0 aliphatic heterocycles. The molecule has 3 nitrogen and oxygen atoms in total. The Hall–Kier alpha value is -1.35. The van der Waals surface area contributed by atoms with Gasteiger partial charge in [0.05, 0.1) is 11.6 Å². The van der Waals surface area contributed by atoms with Gasteiger partial charge in [-0.3, -0.25) is 4.79 Å². The lowest BCUT2D eigenvalue weighted by molar-refractivity contribution is -0.127. The lowest BCUT2D eigenvalue weighted by Gasteiger charge is -2.26. The molecule has 1 aliphatic carbocycles. The van der Waals surface area contributed by atoms with Crippen LogP contribution < -0.4 is 11.1 Å². The Morgan fingerprint density at radius 2 is 2.05 bits per heavy atom. The molecule has 2 atom stereocenters. The first-order valence-electron chi connectivity index (χ1n) is 6.99. The van der Waals surface area contributed by atoms with Gasteiger partial charge in [0.2, 0.25) is 5.91 Å². The van der Waals surface area contributed by atoms with Gasteiger partial charge in [-0.1, -0.05) is 23.8 Å². The fraction of sp³-hybridized carbons (Fsp3) is 0.562. The summed E-state index contributed by atoms with van der Waals surface area (Å²) in [7, 11) is 0. The molecule has 3 heteroatoms. The van der Waals surface area contributed by atoms with E-state index in [-0.39, 0.29) is 11.9 Å². The number of nitrogens with two attached hydrogens (primary N) is 1. The number of nitrogens with one attached hydrogen (secondary N) is 1. The van der Waals surface area contributed by atoms with Gasteiger partial charge in [-0.15, -0.1) is 0 Å². The summed E-state index contributed by atoms with van der Waals surface area (Å²) in [6.45, 7) is 8.00. The van der Waals surface area contributed by atoms with Crippen molar-refractivity contribution in [2.75, 3.05) is 0 Å². The van der Waals surface area contributed by atoms with E-state index >= 15 is 0 Å². The summed E-state index contributed by atoms with van der Waals surface area (Å²) in [5, 5.41) is 3.05. The van der Waals surface area contributed by atoms with Crippen LogP contribution in [-0.2, 0) is 4.79 Å².